The maximum Gasteiger partial charge on any atom is 0.387 e. The minimum atomic E-state index is -2.88. The average molecular weight is 272 g/mol. The van der Waals surface area contributed by atoms with Crippen molar-refractivity contribution in [2.75, 3.05) is 0 Å². The van der Waals surface area contributed by atoms with E-state index in [1.165, 1.54) is 12.1 Å². The van der Waals surface area contributed by atoms with Crippen molar-refractivity contribution in [3.05, 3.63) is 35.4 Å². The van der Waals surface area contributed by atoms with Crippen molar-refractivity contribution in [1.82, 2.24) is 0 Å². The first-order valence-corrected chi connectivity index (χ1v) is 5.80. The number of rotatable bonds is 5. The second-order valence-electron chi connectivity index (χ2n) is 3.56. The summed E-state index contributed by atoms with van der Waals surface area (Å²) in [7, 11) is 0. The molecule has 0 bridgehead atoms. The van der Waals surface area contributed by atoms with Crippen LogP contribution in [0.1, 0.15) is 25.3 Å². The topological polar surface area (TPSA) is 33.0 Å². The monoisotopic (exact) mass is 271 g/mol. The predicted molar refractivity (Wildman–Crippen MR) is 66.4 cm³/mol. The second-order valence-corrected chi connectivity index (χ2v) is 3.94. The van der Waals surface area contributed by atoms with Crippen LogP contribution in [0.3, 0.4) is 0 Å². The molecule has 0 N–H and O–H groups in total. The zero-order chi connectivity index (χ0) is 13.5. The molecule has 0 aromatic heterocycles. The van der Waals surface area contributed by atoms with Crippen LogP contribution in [0.2, 0.25) is 0 Å². The largest absolute Gasteiger partial charge is 0.435 e. The number of ether oxygens (including phenoxy) is 1. The van der Waals surface area contributed by atoms with Gasteiger partial charge in [-0.2, -0.15) is 14.0 Å². The molecule has 0 radical (unpaired) electrons. The summed E-state index contributed by atoms with van der Waals surface area (Å²) in [5.74, 6) is 0.0226. The zero-order valence-electron chi connectivity index (χ0n) is 9.79. The zero-order valence-corrected chi connectivity index (χ0v) is 10.5. The van der Waals surface area contributed by atoms with Crippen molar-refractivity contribution in [3.8, 4) is 11.8 Å². The van der Waals surface area contributed by atoms with Crippen LogP contribution in [0.5, 0.6) is 5.75 Å². The van der Waals surface area contributed by atoms with E-state index in [4.69, 9.17) is 16.9 Å². The van der Waals surface area contributed by atoms with E-state index in [-0.39, 0.29) is 10.8 Å². The SMILES string of the molecule is CCCC(C#N)=C(Cl)c1cccc(OC(F)F)c1. The van der Waals surface area contributed by atoms with Gasteiger partial charge in [-0.15, -0.1) is 0 Å². The normalized spacial score (nSPS) is 12.0. The lowest BCUT2D eigenvalue weighted by atomic mass is 10.1. The predicted octanol–water partition coefficient (Wildman–Crippen LogP) is 4.56. The number of hydrogen-bond donors (Lipinski definition) is 0. The third-order valence-corrected chi connectivity index (χ3v) is 2.66. The van der Waals surface area contributed by atoms with Gasteiger partial charge < -0.3 is 4.74 Å². The van der Waals surface area contributed by atoms with E-state index in [9.17, 15) is 8.78 Å². The first kappa shape index (κ1) is 14.5. The quantitative estimate of drug-likeness (QED) is 0.736. The molecule has 0 heterocycles. The van der Waals surface area contributed by atoms with E-state index in [1.54, 1.807) is 12.1 Å². The van der Waals surface area contributed by atoms with Crippen LogP contribution in [-0.4, -0.2) is 6.61 Å². The van der Waals surface area contributed by atoms with Gasteiger partial charge in [0.25, 0.3) is 0 Å². The summed E-state index contributed by atoms with van der Waals surface area (Å²) in [5, 5.41) is 9.24. The van der Waals surface area contributed by atoms with Crippen LogP contribution in [0, 0.1) is 11.3 Å². The van der Waals surface area contributed by atoms with Crippen LogP contribution in [0.4, 0.5) is 8.78 Å². The summed E-state index contributed by atoms with van der Waals surface area (Å²) in [5.41, 5.74) is 0.938. The molecule has 1 aromatic carbocycles. The van der Waals surface area contributed by atoms with E-state index in [2.05, 4.69) is 4.74 Å². The molecule has 0 aliphatic carbocycles. The molecule has 96 valence electrons. The van der Waals surface area contributed by atoms with Crippen molar-refractivity contribution < 1.29 is 13.5 Å². The maximum atomic E-state index is 12.1. The van der Waals surface area contributed by atoms with Crippen molar-refractivity contribution in [1.29, 1.82) is 5.26 Å². The first-order valence-electron chi connectivity index (χ1n) is 5.42. The number of hydrogen-bond acceptors (Lipinski definition) is 2. The summed E-state index contributed by atoms with van der Waals surface area (Å²) in [6, 6.07) is 8.02. The molecule has 1 aromatic rings. The summed E-state index contributed by atoms with van der Waals surface area (Å²) >= 11 is 6.07. The Bertz CT molecular complexity index is 480. The summed E-state index contributed by atoms with van der Waals surface area (Å²) in [6.45, 7) is -0.952. The van der Waals surface area contributed by atoms with Gasteiger partial charge >= 0.3 is 6.61 Å². The summed E-state index contributed by atoms with van der Waals surface area (Å²) < 4.78 is 28.4. The lowest BCUT2D eigenvalue weighted by molar-refractivity contribution is -0.0498. The molecule has 18 heavy (non-hydrogen) atoms. The molecule has 0 saturated carbocycles. The van der Waals surface area contributed by atoms with E-state index >= 15 is 0 Å². The minimum Gasteiger partial charge on any atom is -0.435 e. The minimum absolute atomic E-state index is 0.0226. The third kappa shape index (κ3) is 4.01. The van der Waals surface area contributed by atoms with Crippen LogP contribution < -0.4 is 4.74 Å². The summed E-state index contributed by atoms with van der Waals surface area (Å²) in [4.78, 5) is 0. The molecule has 0 unspecified atom stereocenters. The third-order valence-electron chi connectivity index (χ3n) is 2.21. The van der Waals surface area contributed by atoms with Crippen molar-refractivity contribution >= 4 is 16.6 Å². The fourth-order valence-corrected chi connectivity index (χ4v) is 1.70. The van der Waals surface area contributed by atoms with Crippen LogP contribution in [0.25, 0.3) is 5.03 Å². The van der Waals surface area contributed by atoms with Crippen molar-refractivity contribution in [2.24, 2.45) is 0 Å². The van der Waals surface area contributed by atoms with Gasteiger partial charge in [0.2, 0.25) is 0 Å². The van der Waals surface area contributed by atoms with Crippen molar-refractivity contribution in [2.45, 2.75) is 26.4 Å². The number of benzene rings is 1. The smallest absolute Gasteiger partial charge is 0.387 e. The Morgan fingerprint density at radius 1 is 1.50 bits per heavy atom. The maximum absolute atomic E-state index is 12.1. The van der Waals surface area contributed by atoms with Gasteiger partial charge in [-0.05, 0) is 24.1 Å². The molecule has 0 saturated heterocycles. The number of alkyl halides is 2. The average Bonchev–Trinajstić information content (AvgIpc) is 2.34. The molecule has 0 aliphatic rings. The Morgan fingerprint density at radius 2 is 2.22 bits per heavy atom. The van der Waals surface area contributed by atoms with Gasteiger partial charge in [0.1, 0.15) is 5.75 Å². The number of nitriles is 1. The molecular formula is C13H12ClF2NO. The Morgan fingerprint density at radius 3 is 2.78 bits per heavy atom. The number of halogens is 3. The molecule has 5 heteroatoms. The Labute approximate surface area is 109 Å². The number of allylic oxidation sites excluding steroid dienone is 1. The van der Waals surface area contributed by atoms with Gasteiger partial charge in [0.15, 0.2) is 0 Å². The lowest BCUT2D eigenvalue weighted by Gasteiger charge is -2.07. The van der Waals surface area contributed by atoms with Crippen LogP contribution in [0.15, 0.2) is 29.8 Å². The fourth-order valence-electron chi connectivity index (χ4n) is 1.45. The lowest BCUT2D eigenvalue weighted by Crippen LogP contribution is -2.01. The van der Waals surface area contributed by atoms with Crippen LogP contribution >= 0.6 is 11.6 Å². The molecule has 2 nitrogen and oxygen atoms in total. The highest BCUT2D eigenvalue weighted by molar-refractivity contribution is 6.49. The molecule has 1 rings (SSSR count). The Balaban J connectivity index is 3.06. The first-order chi connectivity index (χ1) is 8.58. The molecule has 0 fully saturated rings. The van der Waals surface area contributed by atoms with Crippen LogP contribution in [-0.2, 0) is 0 Å². The van der Waals surface area contributed by atoms with Gasteiger partial charge in [-0.1, -0.05) is 37.1 Å². The van der Waals surface area contributed by atoms with E-state index < -0.39 is 6.61 Å². The van der Waals surface area contributed by atoms with E-state index in [0.29, 0.717) is 17.6 Å². The molecule has 0 atom stereocenters. The summed E-state index contributed by atoms with van der Waals surface area (Å²) in [6.07, 6.45) is 1.33. The molecular weight excluding hydrogens is 260 g/mol. The van der Waals surface area contributed by atoms with Gasteiger partial charge in [-0.25, -0.2) is 0 Å². The fraction of sp³-hybridized carbons (Fsp3) is 0.308. The Hall–Kier alpha value is -1.60. The van der Waals surface area contributed by atoms with Gasteiger partial charge in [0.05, 0.1) is 11.1 Å². The highest BCUT2D eigenvalue weighted by Crippen LogP contribution is 2.28. The second kappa shape index (κ2) is 6.97. The van der Waals surface area contributed by atoms with E-state index in [1.807, 2.05) is 13.0 Å². The van der Waals surface area contributed by atoms with Crippen molar-refractivity contribution in [3.63, 3.8) is 0 Å². The molecule has 0 spiro atoms. The Kier molecular flexibility index (Phi) is 5.60. The van der Waals surface area contributed by atoms with Gasteiger partial charge in [0, 0.05) is 5.57 Å². The standard InChI is InChI=1S/C13H12ClF2NO/c1-2-4-10(8-17)12(14)9-5-3-6-11(7-9)18-13(15)16/h3,5-7,13H,2,4H2,1H3. The highest BCUT2D eigenvalue weighted by atomic mass is 35.5. The van der Waals surface area contributed by atoms with E-state index in [0.717, 1.165) is 6.42 Å². The number of nitrogens with zero attached hydrogens (tertiary/aromatic N) is 1. The van der Waals surface area contributed by atoms with Gasteiger partial charge in [-0.3, -0.25) is 0 Å². The molecule has 0 aliphatic heterocycles. The molecule has 0 amide bonds. The highest BCUT2D eigenvalue weighted by Gasteiger charge is 2.09.